The number of nitrogens with zero attached hydrogens (tertiary/aromatic N) is 1. The molecule has 1 aliphatic heterocycles. The first kappa shape index (κ1) is 16.4. The minimum absolute atomic E-state index is 0.155. The number of hydrogen-bond acceptors (Lipinski definition) is 2. The number of rotatable bonds is 3. The van der Waals surface area contributed by atoms with Gasteiger partial charge in [0.25, 0.3) is 0 Å². The molecule has 1 heterocycles. The van der Waals surface area contributed by atoms with Crippen LogP contribution in [-0.2, 0) is 0 Å². The van der Waals surface area contributed by atoms with Crippen molar-refractivity contribution in [1.82, 2.24) is 0 Å². The average Bonchev–Trinajstić information content (AvgIpc) is 2.72. The summed E-state index contributed by atoms with van der Waals surface area (Å²) < 4.78 is 0. The summed E-state index contributed by atoms with van der Waals surface area (Å²) in [4.78, 5) is 2.57. The predicted octanol–water partition coefficient (Wildman–Crippen LogP) is 4.75. The molecule has 0 amide bonds. The fourth-order valence-electron chi connectivity index (χ4n) is 3.51. The van der Waals surface area contributed by atoms with E-state index in [9.17, 15) is 0 Å². The van der Waals surface area contributed by atoms with Crippen molar-refractivity contribution in [2.75, 3.05) is 18.0 Å². The topological polar surface area (TPSA) is 29.3 Å². The summed E-state index contributed by atoms with van der Waals surface area (Å²) in [6.07, 6.45) is 4.92. The summed E-state index contributed by atoms with van der Waals surface area (Å²) in [5, 5.41) is 0. The summed E-state index contributed by atoms with van der Waals surface area (Å²) in [6, 6.07) is 8.87. The Labute approximate surface area is 130 Å². The minimum atomic E-state index is 0.155. The van der Waals surface area contributed by atoms with Gasteiger partial charge < -0.3 is 10.6 Å². The van der Waals surface area contributed by atoms with E-state index in [1.54, 1.807) is 0 Å². The van der Waals surface area contributed by atoms with Crippen LogP contribution in [0.25, 0.3) is 0 Å². The van der Waals surface area contributed by atoms with Crippen molar-refractivity contribution in [3.05, 3.63) is 29.8 Å². The van der Waals surface area contributed by atoms with E-state index in [-0.39, 0.29) is 6.04 Å². The fourth-order valence-corrected chi connectivity index (χ4v) is 3.51. The van der Waals surface area contributed by atoms with E-state index in [0.717, 1.165) is 18.9 Å². The van der Waals surface area contributed by atoms with Gasteiger partial charge in [0.05, 0.1) is 0 Å². The summed E-state index contributed by atoms with van der Waals surface area (Å²) in [7, 11) is 0. The van der Waals surface area contributed by atoms with Crippen molar-refractivity contribution in [1.29, 1.82) is 0 Å². The largest absolute Gasteiger partial charge is 0.371 e. The molecule has 2 N–H and O–H groups in total. The molecule has 0 saturated carbocycles. The molecule has 0 aromatic heterocycles. The van der Waals surface area contributed by atoms with E-state index in [1.165, 1.54) is 37.1 Å². The van der Waals surface area contributed by atoms with Gasteiger partial charge in [0.1, 0.15) is 0 Å². The van der Waals surface area contributed by atoms with Gasteiger partial charge in [-0.25, -0.2) is 0 Å². The van der Waals surface area contributed by atoms with Gasteiger partial charge in [-0.15, -0.1) is 0 Å². The highest BCUT2D eigenvalue weighted by atomic mass is 15.1. The third-order valence-electron chi connectivity index (χ3n) is 5.07. The number of nitrogens with two attached hydrogens (primary N) is 1. The molecule has 2 atom stereocenters. The van der Waals surface area contributed by atoms with Crippen LogP contribution in [0.2, 0.25) is 0 Å². The molecule has 0 bridgehead atoms. The molecule has 21 heavy (non-hydrogen) atoms. The smallest absolute Gasteiger partial charge is 0.0414 e. The number of para-hydroxylation sites is 1. The lowest BCUT2D eigenvalue weighted by Crippen LogP contribution is -2.28. The summed E-state index contributed by atoms with van der Waals surface area (Å²) in [6.45, 7) is 11.6. The second-order valence-corrected chi connectivity index (χ2v) is 7.55. The maximum absolute atomic E-state index is 6.31. The first-order valence-electron chi connectivity index (χ1n) is 8.53. The Morgan fingerprint density at radius 1 is 1.19 bits per heavy atom. The van der Waals surface area contributed by atoms with E-state index in [2.05, 4.69) is 56.9 Å². The lowest BCUT2D eigenvalue weighted by Gasteiger charge is -2.30. The van der Waals surface area contributed by atoms with Crippen molar-refractivity contribution in [2.45, 2.75) is 59.4 Å². The zero-order valence-corrected chi connectivity index (χ0v) is 14.2. The van der Waals surface area contributed by atoms with E-state index in [4.69, 9.17) is 5.73 Å². The molecule has 2 rings (SSSR count). The highest BCUT2D eigenvalue weighted by Gasteiger charge is 2.27. The van der Waals surface area contributed by atoms with Crippen LogP contribution in [0, 0.1) is 11.3 Å². The van der Waals surface area contributed by atoms with Gasteiger partial charge >= 0.3 is 0 Å². The molecule has 1 saturated heterocycles. The minimum Gasteiger partial charge on any atom is -0.371 e. The van der Waals surface area contributed by atoms with Crippen LogP contribution in [0.3, 0.4) is 0 Å². The Morgan fingerprint density at radius 3 is 2.57 bits per heavy atom. The molecule has 2 heteroatoms. The lowest BCUT2D eigenvalue weighted by atomic mass is 9.77. The Kier molecular flexibility index (Phi) is 5.32. The van der Waals surface area contributed by atoms with Gasteiger partial charge in [-0.3, -0.25) is 0 Å². The molecule has 2 unspecified atom stereocenters. The van der Waals surface area contributed by atoms with Crippen molar-refractivity contribution < 1.29 is 0 Å². The van der Waals surface area contributed by atoms with Gasteiger partial charge in [0, 0.05) is 24.8 Å². The molecule has 1 aromatic rings. The molecular weight excluding hydrogens is 256 g/mol. The van der Waals surface area contributed by atoms with Crippen LogP contribution < -0.4 is 10.6 Å². The maximum Gasteiger partial charge on any atom is 0.0414 e. The highest BCUT2D eigenvalue weighted by molar-refractivity contribution is 5.55. The summed E-state index contributed by atoms with van der Waals surface area (Å²) >= 11 is 0. The molecule has 0 spiro atoms. The molecule has 2 nitrogen and oxygen atoms in total. The third-order valence-corrected chi connectivity index (χ3v) is 5.07. The monoisotopic (exact) mass is 288 g/mol. The van der Waals surface area contributed by atoms with E-state index in [0.29, 0.717) is 5.41 Å². The number of benzene rings is 1. The van der Waals surface area contributed by atoms with Crippen molar-refractivity contribution in [2.24, 2.45) is 17.1 Å². The maximum atomic E-state index is 6.31. The number of hydrogen-bond donors (Lipinski definition) is 1. The Balaban J connectivity index is 2.16. The normalized spacial score (nSPS) is 22.0. The zero-order chi connectivity index (χ0) is 15.5. The fraction of sp³-hybridized carbons (Fsp3) is 0.684. The Bertz CT molecular complexity index is 447. The van der Waals surface area contributed by atoms with Crippen LogP contribution >= 0.6 is 0 Å². The molecule has 1 aromatic carbocycles. The van der Waals surface area contributed by atoms with E-state index < -0.39 is 0 Å². The first-order chi connectivity index (χ1) is 9.93. The SMILES string of the molecule is CCC(N)c1ccccc1N1CCCC(C(C)(C)C)CC1. The molecule has 0 aliphatic carbocycles. The molecule has 1 fully saturated rings. The predicted molar refractivity (Wildman–Crippen MR) is 92.7 cm³/mol. The van der Waals surface area contributed by atoms with Crippen LogP contribution in [0.15, 0.2) is 24.3 Å². The Morgan fingerprint density at radius 2 is 1.90 bits per heavy atom. The van der Waals surface area contributed by atoms with Crippen molar-refractivity contribution in [3.63, 3.8) is 0 Å². The quantitative estimate of drug-likeness (QED) is 0.869. The lowest BCUT2D eigenvalue weighted by molar-refractivity contribution is 0.220. The van der Waals surface area contributed by atoms with Crippen LogP contribution in [-0.4, -0.2) is 13.1 Å². The second-order valence-electron chi connectivity index (χ2n) is 7.55. The van der Waals surface area contributed by atoms with Crippen LogP contribution in [0.5, 0.6) is 0 Å². The van der Waals surface area contributed by atoms with Crippen molar-refractivity contribution in [3.8, 4) is 0 Å². The van der Waals surface area contributed by atoms with Gasteiger partial charge in [0.2, 0.25) is 0 Å². The van der Waals surface area contributed by atoms with E-state index in [1.807, 2.05) is 0 Å². The molecule has 0 radical (unpaired) electrons. The van der Waals surface area contributed by atoms with Gasteiger partial charge in [-0.2, -0.15) is 0 Å². The molecule has 118 valence electrons. The van der Waals surface area contributed by atoms with Gasteiger partial charge in [0.15, 0.2) is 0 Å². The highest BCUT2D eigenvalue weighted by Crippen LogP contribution is 2.36. The standard InChI is InChI=1S/C19H32N2/c1-5-17(20)16-10-6-7-11-18(16)21-13-8-9-15(12-14-21)19(2,3)4/h6-7,10-11,15,17H,5,8-9,12-14,20H2,1-4H3. The van der Waals surface area contributed by atoms with Crippen LogP contribution in [0.1, 0.15) is 65.0 Å². The van der Waals surface area contributed by atoms with E-state index >= 15 is 0 Å². The summed E-state index contributed by atoms with van der Waals surface area (Å²) in [5.74, 6) is 0.828. The third kappa shape index (κ3) is 4.00. The first-order valence-corrected chi connectivity index (χ1v) is 8.53. The molecular formula is C19H32N2. The average molecular weight is 288 g/mol. The molecule has 1 aliphatic rings. The second kappa shape index (κ2) is 6.83. The van der Waals surface area contributed by atoms with Gasteiger partial charge in [-0.05, 0) is 48.6 Å². The summed E-state index contributed by atoms with van der Waals surface area (Å²) in [5.41, 5.74) is 9.41. The van der Waals surface area contributed by atoms with Gasteiger partial charge in [-0.1, -0.05) is 45.9 Å². The Hall–Kier alpha value is -1.02. The van der Waals surface area contributed by atoms with Crippen LogP contribution in [0.4, 0.5) is 5.69 Å². The number of anilines is 1. The van der Waals surface area contributed by atoms with Crippen molar-refractivity contribution >= 4 is 5.69 Å². The zero-order valence-electron chi connectivity index (χ0n) is 14.2.